The van der Waals surface area contributed by atoms with Crippen LogP contribution in [0.15, 0.2) is 30.3 Å². The van der Waals surface area contributed by atoms with E-state index in [0.717, 1.165) is 140 Å². The second kappa shape index (κ2) is 69.7. The lowest BCUT2D eigenvalue weighted by Gasteiger charge is -2.33. The van der Waals surface area contributed by atoms with Gasteiger partial charge in [0.15, 0.2) is 0 Å². The molecule has 0 saturated carbocycles. The molecule has 746 valence electrons. The average Bonchev–Trinajstić information content (AvgIpc) is 1.37. The van der Waals surface area contributed by atoms with Gasteiger partial charge in [0, 0.05) is 129 Å². The van der Waals surface area contributed by atoms with Crippen LogP contribution in [0.1, 0.15) is 296 Å². The van der Waals surface area contributed by atoms with E-state index in [2.05, 4.69) is 16.0 Å². The number of rotatable bonds is 79. The molecular formula is C93H141N7O33. The lowest BCUT2D eigenvalue weighted by molar-refractivity contribution is -0.199. The quantitative estimate of drug-likeness (QED) is 0.0314. The van der Waals surface area contributed by atoms with Gasteiger partial charge in [-0.05, 0) is 77.7 Å². The Morgan fingerprint density at radius 3 is 0.752 bits per heavy atom. The summed E-state index contributed by atoms with van der Waals surface area (Å²) in [6.07, 6.45) is 20.2. The van der Waals surface area contributed by atoms with Crippen LogP contribution in [-0.4, -0.2) is 264 Å². The molecule has 4 saturated heterocycles. The summed E-state index contributed by atoms with van der Waals surface area (Å²) in [5.74, 6) is -9.21. The van der Waals surface area contributed by atoms with Crippen LogP contribution in [0.25, 0.3) is 0 Å². The number of carbonyl (C=O) groups excluding carboxylic acids is 20. The molecule has 0 bridgehead atoms. The van der Waals surface area contributed by atoms with Crippen LogP contribution in [0.4, 0.5) is 0 Å². The van der Waals surface area contributed by atoms with Crippen molar-refractivity contribution in [3.05, 3.63) is 35.9 Å². The van der Waals surface area contributed by atoms with Crippen molar-refractivity contribution in [1.29, 1.82) is 0 Å². The van der Waals surface area contributed by atoms with E-state index in [1.54, 1.807) is 20.8 Å². The first-order valence-corrected chi connectivity index (χ1v) is 46.9. The first kappa shape index (κ1) is 115. The van der Waals surface area contributed by atoms with E-state index in [1.807, 2.05) is 30.3 Å². The van der Waals surface area contributed by atoms with E-state index < -0.39 is 108 Å². The highest BCUT2D eigenvalue weighted by molar-refractivity contribution is 6.03. The fourth-order valence-electron chi connectivity index (χ4n) is 13.6. The zero-order chi connectivity index (χ0) is 97.1. The number of esters is 1. The van der Waals surface area contributed by atoms with Gasteiger partial charge in [-0.1, -0.05) is 114 Å². The molecule has 4 heterocycles. The Labute approximate surface area is 777 Å². The van der Waals surface area contributed by atoms with Gasteiger partial charge in [0.25, 0.3) is 47.3 Å². The molecule has 11 amide bonds. The maximum absolute atomic E-state index is 12.9. The summed E-state index contributed by atoms with van der Waals surface area (Å²) in [7, 11) is 0. The van der Waals surface area contributed by atoms with Gasteiger partial charge in [0.1, 0.15) is 29.7 Å². The van der Waals surface area contributed by atoms with Gasteiger partial charge in [-0.3, -0.25) is 62.3 Å². The summed E-state index contributed by atoms with van der Waals surface area (Å²) in [5.41, 5.74) is -1.29. The summed E-state index contributed by atoms with van der Waals surface area (Å²) in [4.78, 5) is 260. The number of Topliss-reactive ketones (excluding diaryl/α,β-unsaturated/α-hetero) is 4. The molecule has 0 radical (unpaired) electrons. The Balaban J connectivity index is 0.000000577. The largest absolute Gasteiger partial charge is 0.461 e. The van der Waals surface area contributed by atoms with Crippen LogP contribution in [0, 0.1) is 10.8 Å². The molecule has 1 aromatic carbocycles. The van der Waals surface area contributed by atoms with Gasteiger partial charge < -0.3 is 92.3 Å². The molecule has 4 aliphatic heterocycles. The van der Waals surface area contributed by atoms with Crippen molar-refractivity contribution in [2.75, 3.05) is 125 Å². The topological polar surface area (TPSA) is 510 Å². The lowest BCUT2D eigenvalue weighted by atomic mass is 9.92. The highest BCUT2D eigenvalue weighted by Gasteiger charge is 2.39. The molecule has 0 unspecified atom stereocenters. The van der Waals surface area contributed by atoms with Crippen LogP contribution in [0.5, 0.6) is 0 Å². The maximum Gasteiger partial charge on any atom is 0.335 e. The molecule has 0 aliphatic carbocycles. The number of amides is 11. The van der Waals surface area contributed by atoms with Crippen molar-refractivity contribution < 1.29 is 158 Å². The number of ether oxygens (including phenoxy) is 9. The van der Waals surface area contributed by atoms with Crippen molar-refractivity contribution in [2.24, 2.45) is 10.8 Å². The van der Waals surface area contributed by atoms with Gasteiger partial charge in [-0.2, -0.15) is 0 Å². The van der Waals surface area contributed by atoms with Crippen molar-refractivity contribution in [3.8, 4) is 0 Å². The highest BCUT2D eigenvalue weighted by atomic mass is 16.7. The molecule has 133 heavy (non-hydrogen) atoms. The average molecular weight is 1890 g/mol. The highest BCUT2D eigenvalue weighted by Crippen LogP contribution is 2.26. The molecule has 0 spiro atoms. The first-order valence-electron chi connectivity index (χ1n) is 46.9. The minimum absolute atomic E-state index is 0.0978. The summed E-state index contributed by atoms with van der Waals surface area (Å²) < 4.78 is 52.8. The summed E-state index contributed by atoms with van der Waals surface area (Å²) in [6.45, 7) is 5.07. The van der Waals surface area contributed by atoms with E-state index in [1.165, 1.54) is 0 Å². The Bertz CT molecular complexity index is 3420. The van der Waals surface area contributed by atoms with Gasteiger partial charge in [-0.25, -0.2) is 19.2 Å². The maximum atomic E-state index is 12.9. The molecule has 3 N–H and O–H groups in total. The standard InChI is InChI=1S/C60H101N3O13.C33H40N4O20/c1-51(64)28-18-9-6-14-25-39-61-56(68)36-43-73-48-60(49-74-44-37-57(69)62-40-26-15-7-10-19-29-52(2)65,50-75-45-38-58(70)63-41-27-16-8-11-20-30-53(3)66)47-72-42-35-55(67)33-23-12-4-5-13-24-34-59(71)76-46-54-31-21-17-22-32-54;38-21-1-2-22(39)34(21)54-29(46)9-13-50-17-33(18-51-14-10-30(47)55-35-23(40)3-4-24(35)41,19-52-15-11-31(48)56-36-25(42)5-6-26(36)43)20-53-16-12-32(49)57-37-27(44)7-8-28(37)45/h17,21-22,31-32H,4-16,18-20,23-30,33-50H2,1-3H3,(H,61,68)(H,62,69)(H,63,70);1-20H2. The number of nitrogens with one attached hydrogen (secondary N) is 3. The number of ketones is 4. The Morgan fingerprint density at radius 2 is 0.489 bits per heavy atom. The minimum Gasteiger partial charge on any atom is -0.461 e. The molecule has 5 rings (SSSR count). The number of hydrogen-bond acceptors (Lipinski definition) is 33. The molecular weight excluding hydrogens is 1740 g/mol. The van der Waals surface area contributed by atoms with Gasteiger partial charge in [0.05, 0.1) is 142 Å². The number of benzene rings is 1. The molecule has 0 atom stereocenters. The van der Waals surface area contributed by atoms with Gasteiger partial charge >= 0.3 is 29.8 Å². The minimum atomic E-state index is -1.37. The van der Waals surface area contributed by atoms with Crippen molar-refractivity contribution in [1.82, 2.24) is 36.2 Å². The number of carbonyl (C=O) groups is 20. The van der Waals surface area contributed by atoms with Crippen LogP contribution in [0.2, 0.25) is 0 Å². The zero-order valence-electron chi connectivity index (χ0n) is 78.0. The molecule has 40 heteroatoms. The summed E-state index contributed by atoms with van der Waals surface area (Å²) in [6, 6.07) is 9.63. The van der Waals surface area contributed by atoms with E-state index in [-0.39, 0.29) is 236 Å². The molecule has 4 fully saturated rings. The number of nitrogens with zero attached hydrogens (tertiary/aromatic N) is 4. The molecule has 40 nitrogen and oxygen atoms in total. The van der Waals surface area contributed by atoms with Crippen LogP contribution >= 0.6 is 0 Å². The summed E-state index contributed by atoms with van der Waals surface area (Å²) >= 11 is 0. The smallest absolute Gasteiger partial charge is 0.335 e. The molecule has 4 aliphatic rings. The predicted molar refractivity (Wildman–Crippen MR) is 469 cm³/mol. The summed E-state index contributed by atoms with van der Waals surface area (Å²) in [5, 5.41) is 10.3. The third kappa shape index (κ3) is 54.8. The van der Waals surface area contributed by atoms with E-state index in [9.17, 15) is 95.9 Å². The number of imide groups is 4. The zero-order valence-corrected chi connectivity index (χ0v) is 78.0. The predicted octanol–water partition coefficient (Wildman–Crippen LogP) is 8.20. The molecule has 1 aromatic rings. The fraction of sp³-hybridized carbons (Fsp3) is 0.720. The number of hydroxylamine groups is 8. The Hall–Kier alpha value is -10.1. The normalized spacial score (nSPS) is 13.9. The van der Waals surface area contributed by atoms with Crippen LogP contribution in [-0.2, 0) is 164 Å². The van der Waals surface area contributed by atoms with Crippen molar-refractivity contribution in [2.45, 2.75) is 297 Å². The lowest BCUT2D eigenvalue weighted by Crippen LogP contribution is -2.42. The van der Waals surface area contributed by atoms with E-state index in [4.69, 9.17) is 62.0 Å². The van der Waals surface area contributed by atoms with Gasteiger partial charge in [0.2, 0.25) is 17.7 Å². The SMILES string of the molecule is CC(=O)CCCCCCCNC(=O)CCOCC(COCCC(=O)CCCCCCCCC(=O)OCc1ccccc1)(COCCC(=O)NCCCCCCCC(C)=O)COCCC(=O)NCCCCCCCC(C)=O.O=C(CCOCC(COCCC(=O)ON1C(=O)CCC1=O)(COCCC(=O)ON1C(=O)CCC1=O)COCCC(=O)ON1C(=O)CCC1=O)ON1C(=O)CCC1=O. The number of hydrogen-bond donors (Lipinski definition) is 3. The van der Waals surface area contributed by atoms with E-state index in [0.29, 0.717) is 72.0 Å². The first-order chi connectivity index (χ1) is 64.0. The van der Waals surface area contributed by atoms with Crippen molar-refractivity contribution in [3.63, 3.8) is 0 Å². The third-order valence-corrected chi connectivity index (χ3v) is 21.2. The Morgan fingerprint density at radius 1 is 0.263 bits per heavy atom. The number of unbranched alkanes of at least 4 members (excludes halogenated alkanes) is 17. The third-order valence-electron chi connectivity index (χ3n) is 21.2. The monoisotopic (exact) mass is 1880 g/mol. The van der Waals surface area contributed by atoms with Crippen LogP contribution in [0.3, 0.4) is 0 Å². The second-order valence-electron chi connectivity index (χ2n) is 33.6. The second-order valence-corrected chi connectivity index (χ2v) is 33.6. The molecule has 0 aromatic heterocycles. The van der Waals surface area contributed by atoms with Gasteiger partial charge in [-0.15, -0.1) is 20.3 Å². The fourth-order valence-corrected chi connectivity index (χ4v) is 13.6. The van der Waals surface area contributed by atoms with Crippen LogP contribution < -0.4 is 16.0 Å². The van der Waals surface area contributed by atoms with E-state index >= 15 is 0 Å². The Kier molecular flexibility index (Phi) is 60.4. The van der Waals surface area contributed by atoms with Crippen molar-refractivity contribution >= 4 is 118 Å².